The molecular weight excluding hydrogens is 378 g/mol. The average Bonchev–Trinajstić information content (AvgIpc) is 3.14. The van der Waals surface area contributed by atoms with E-state index in [0.29, 0.717) is 10.6 Å². The fourth-order valence-electron chi connectivity index (χ4n) is 2.63. The Kier molecular flexibility index (Phi) is 5.05. The number of thiazole rings is 1. The maximum absolute atomic E-state index is 12.4. The number of benzene rings is 1. The molecule has 1 aliphatic carbocycles. The molecule has 0 aliphatic heterocycles. The summed E-state index contributed by atoms with van der Waals surface area (Å²) in [7, 11) is 0. The number of carbonyl (C=O) groups excluding carboxylic acids is 2. The minimum Gasteiger partial charge on any atom is -0.349 e. The molecule has 7 heteroatoms. The van der Waals surface area contributed by atoms with Crippen molar-refractivity contribution >= 4 is 39.5 Å². The highest BCUT2D eigenvalue weighted by Gasteiger charge is 2.25. The predicted octanol–water partition coefficient (Wildman–Crippen LogP) is 4.25. The number of hydrogen-bond donors (Lipinski definition) is 2. The highest BCUT2D eigenvalue weighted by molar-refractivity contribution is 7.14. The standard InChI is InChI=1S/C20H19N3O2S2/c1-12-2-4-13(5-3-12)19-22-15(11-27-19)10-17(24)23-20-16(8-9-26-20)18(25)21-14-6-7-14/h2-5,8-9,11,14H,6-7,10H2,1H3,(H,21,25)(H,23,24). The fourth-order valence-corrected chi connectivity index (χ4v) is 4.25. The monoisotopic (exact) mass is 397 g/mol. The van der Waals surface area contributed by atoms with Crippen LogP contribution in [0.25, 0.3) is 10.6 Å². The number of hydrogen-bond acceptors (Lipinski definition) is 5. The van der Waals surface area contributed by atoms with Crippen LogP contribution in [-0.4, -0.2) is 22.8 Å². The van der Waals surface area contributed by atoms with Crippen molar-refractivity contribution in [3.05, 3.63) is 57.9 Å². The van der Waals surface area contributed by atoms with Gasteiger partial charge in [0.25, 0.3) is 5.91 Å². The normalized spacial score (nSPS) is 13.4. The molecule has 2 heterocycles. The van der Waals surface area contributed by atoms with Crippen molar-refractivity contribution < 1.29 is 9.59 Å². The Morgan fingerprint density at radius 1 is 1.15 bits per heavy atom. The zero-order valence-corrected chi connectivity index (χ0v) is 16.5. The van der Waals surface area contributed by atoms with Crippen molar-refractivity contribution in [2.45, 2.75) is 32.2 Å². The largest absolute Gasteiger partial charge is 0.349 e. The van der Waals surface area contributed by atoms with Gasteiger partial charge in [0.15, 0.2) is 0 Å². The first-order valence-corrected chi connectivity index (χ1v) is 10.5. The number of rotatable bonds is 6. The third-order valence-corrected chi connectivity index (χ3v) is 6.04. The fraction of sp³-hybridized carbons (Fsp3) is 0.250. The summed E-state index contributed by atoms with van der Waals surface area (Å²) in [6.45, 7) is 2.05. The molecule has 0 bridgehead atoms. The van der Waals surface area contributed by atoms with Gasteiger partial charge in [-0.25, -0.2) is 4.98 Å². The summed E-state index contributed by atoms with van der Waals surface area (Å²) in [6, 6.07) is 10.2. The van der Waals surface area contributed by atoms with Crippen LogP contribution in [0.15, 0.2) is 41.1 Å². The van der Waals surface area contributed by atoms with Crippen LogP contribution >= 0.6 is 22.7 Å². The lowest BCUT2D eigenvalue weighted by molar-refractivity contribution is -0.115. The van der Waals surface area contributed by atoms with Crippen molar-refractivity contribution in [1.29, 1.82) is 0 Å². The number of carbonyl (C=O) groups is 2. The maximum atomic E-state index is 12.4. The van der Waals surface area contributed by atoms with E-state index in [1.165, 1.54) is 28.2 Å². The van der Waals surface area contributed by atoms with E-state index in [1.54, 1.807) is 6.07 Å². The molecule has 138 valence electrons. The molecule has 2 N–H and O–H groups in total. The summed E-state index contributed by atoms with van der Waals surface area (Å²) in [5.41, 5.74) is 3.51. The number of amides is 2. The molecule has 27 heavy (non-hydrogen) atoms. The second-order valence-electron chi connectivity index (χ2n) is 6.65. The van der Waals surface area contributed by atoms with Gasteiger partial charge in [-0.15, -0.1) is 22.7 Å². The Morgan fingerprint density at radius 2 is 1.93 bits per heavy atom. The minimum absolute atomic E-state index is 0.121. The summed E-state index contributed by atoms with van der Waals surface area (Å²) in [6.07, 6.45) is 2.25. The van der Waals surface area contributed by atoms with Crippen LogP contribution < -0.4 is 10.6 Å². The number of anilines is 1. The number of aromatic nitrogens is 1. The average molecular weight is 398 g/mol. The van der Waals surface area contributed by atoms with Crippen LogP contribution in [0.3, 0.4) is 0 Å². The quantitative estimate of drug-likeness (QED) is 0.653. The van der Waals surface area contributed by atoms with E-state index >= 15 is 0 Å². The SMILES string of the molecule is Cc1ccc(-c2nc(CC(=O)Nc3sccc3C(=O)NC3CC3)cs2)cc1. The van der Waals surface area contributed by atoms with Gasteiger partial charge in [0, 0.05) is 17.0 Å². The van der Waals surface area contributed by atoms with Gasteiger partial charge < -0.3 is 10.6 Å². The first kappa shape index (κ1) is 17.9. The number of aryl methyl sites for hydroxylation is 1. The van der Waals surface area contributed by atoms with Gasteiger partial charge in [-0.05, 0) is 31.2 Å². The first-order valence-electron chi connectivity index (χ1n) is 8.78. The predicted molar refractivity (Wildman–Crippen MR) is 109 cm³/mol. The first-order chi connectivity index (χ1) is 13.1. The number of nitrogens with zero attached hydrogens (tertiary/aromatic N) is 1. The molecule has 0 radical (unpaired) electrons. The van der Waals surface area contributed by atoms with E-state index in [1.807, 2.05) is 41.9 Å². The molecule has 5 nitrogen and oxygen atoms in total. The Labute approximate surface area is 165 Å². The van der Waals surface area contributed by atoms with E-state index in [9.17, 15) is 9.59 Å². The van der Waals surface area contributed by atoms with Crippen LogP contribution in [0.4, 0.5) is 5.00 Å². The van der Waals surface area contributed by atoms with Gasteiger partial charge in [-0.1, -0.05) is 29.8 Å². The molecule has 1 fully saturated rings. The molecule has 2 amide bonds. The molecule has 4 rings (SSSR count). The van der Waals surface area contributed by atoms with Gasteiger partial charge in [0.1, 0.15) is 10.0 Å². The van der Waals surface area contributed by atoms with Crippen molar-refractivity contribution in [2.24, 2.45) is 0 Å². The summed E-state index contributed by atoms with van der Waals surface area (Å²) in [5.74, 6) is -0.289. The maximum Gasteiger partial charge on any atom is 0.254 e. The van der Waals surface area contributed by atoms with Crippen molar-refractivity contribution in [3.63, 3.8) is 0 Å². The van der Waals surface area contributed by atoms with E-state index in [4.69, 9.17) is 0 Å². The van der Waals surface area contributed by atoms with Crippen molar-refractivity contribution in [2.75, 3.05) is 5.32 Å². The third-order valence-electron chi connectivity index (χ3n) is 4.27. The van der Waals surface area contributed by atoms with E-state index in [-0.39, 0.29) is 24.3 Å². The zero-order chi connectivity index (χ0) is 18.8. The number of thiophene rings is 1. The third kappa shape index (κ3) is 4.43. The van der Waals surface area contributed by atoms with Crippen LogP contribution in [0.5, 0.6) is 0 Å². The van der Waals surface area contributed by atoms with E-state index in [2.05, 4.69) is 15.6 Å². The molecule has 0 spiro atoms. The summed E-state index contributed by atoms with van der Waals surface area (Å²) >= 11 is 2.88. The van der Waals surface area contributed by atoms with E-state index < -0.39 is 0 Å². The molecule has 1 aliphatic rings. The van der Waals surface area contributed by atoms with Crippen molar-refractivity contribution in [1.82, 2.24) is 10.3 Å². The van der Waals surface area contributed by atoms with Crippen LogP contribution in [0.2, 0.25) is 0 Å². The van der Waals surface area contributed by atoms with Gasteiger partial charge >= 0.3 is 0 Å². The highest BCUT2D eigenvalue weighted by atomic mass is 32.1. The summed E-state index contributed by atoms with van der Waals surface area (Å²) in [5, 5.41) is 11.0. The molecule has 3 aromatic rings. The zero-order valence-electron chi connectivity index (χ0n) is 14.8. The van der Waals surface area contributed by atoms with Crippen LogP contribution in [0.1, 0.15) is 34.5 Å². The Bertz CT molecular complexity index is 971. The number of nitrogens with one attached hydrogen (secondary N) is 2. The molecule has 0 atom stereocenters. The second kappa shape index (κ2) is 7.62. The molecular formula is C20H19N3O2S2. The van der Waals surface area contributed by atoms with Crippen LogP contribution in [-0.2, 0) is 11.2 Å². The molecule has 1 aromatic carbocycles. The van der Waals surface area contributed by atoms with Gasteiger partial charge in [-0.3, -0.25) is 9.59 Å². The Morgan fingerprint density at radius 3 is 2.67 bits per heavy atom. The molecule has 0 saturated heterocycles. The van der Waals surface area contributed by atoms with Crippen LogP contribution in [0, 0.1) is 6.92 Å². The van der Waals surface area contributed by atoms with Crippen molar-refractivity contribution in [3.8, 4) is 10.6 Å². The molecule has 2 aromatic heterocycles. The Balaban J connectivity index is 1.39. The molecule has 1 saturated carbocycles. The summed E-state index contributed by atoms with van der Waals surface area (Å²) in [4.78, 5) is 29.2. The van der Waals surface area contributed by atoms with Gasteiger partial charge in [-0.2, -0.15) is 0 Å². The van der Waals surface area contributed by atoms with Gasteiger partial charge in [0.2, 0.25) is 5.91 Å². The lowest BCUT2D eigenvalue weighted by Crippen LogP contribution is -2.26. The smallest absolute Gasteiger partial charge is 0.254 e. The van der Waals surface area contributed by atoms with E-state index in [0.717, 1.165) is 29.1 Å². The lowest BCUT2D eigenvalue weighted by atomic mass is 10.2. The second-order valence-corrected chi connectivity index (χ2v) is 8.42. The van der Waals surface area contributed by atoms with Gasteiger partial charge in [0.05, 0.1) is 17.7 Å². The minimum atomic E-state index is -0.168. The Hall–Kier alpha value is -2.51. The summed E-state index contributed by atoms with van der Waals surface area (Å²) < 4.78 is 0. The highest BCUT2D eigenvalue weighted by Crippen LogP contribution is 2.27. The molecule has 0 unspecified atom stereocenters. The lowest BCUT2D eigenvalue weighted by Gasteiger charge is -2.06. The topological polar surface area (TPSA) is 71.1 Å².